The summed E-state index contributed by atoms with van der Waals surface area (Å²) in [6.07, 6.45) is 2.89. The van der Waals surface area contributed by atoms with Crippen molar-refractivity contribution in [2.45, 2.75) is 44.9 Å². The number of thiocarbonyl (C=S) groups is 1. The Morgan fingerprint density at radius 2 is 1.62 bits per heavy atom. The average Bonchev–Trinajstić information content (AvgIpc) is 3.18. The Balaban J connectivity index is 1.66. The number of carbonyl (C=O) groups excluding carboxylic acids is 2. The molecule has 4 heterocycles. The second kappa shape index (κ2) is 6.89. The molecule has 0 radical (unpaired) electrons. The molecule has 0 saturated carbocycles. The fraction of sp³-hybridized carbons (Fsp3) is 0.400. The van der Waals surface area contributed by atoms with Crippen molar-refractivity contribution in [1.82, 2.24) is 9.80 Å². The molecule has 1 aromatic carbocycles. The van der Waals surface area contributed by atoms with Gasteiger partial charge >= 0.3 is 201 Å². The third-order valence-electron chi connectivity index (χ3n) is 7.25. The van der Waals surface area contributed by atoms with Crippen LogP contribution in [-0.2, 0) is 20.4 Å². The monoisotopic (exact) mass is 513 g/mol. The van der Waals surface area contributed by atoms with Gasteiger partial charge in [0.25, 0.3) is 0 Å². The van der Waals surface area contributed by atoms with Crippen molar-refractivity contribution in [3.8, 4) is 0 Å². The first-order valence-corrected chi connectivity index (χ1v) is 12.9. The summed E-state index contributed by atoms with van der Waals surface area (Å²) in [4.78, 5) is 30.9. The summed E-state index contributed by atoms with van der Waals surface area (Å²) in [6.45, 7) is 10.2. The Labute approximate surface area is 200 Å². The van der Waals surface area contributed by atoms with E-state index < -0.39 is 0 Å². The molecule has 1 fully saturated rings. The zero-order valence-electron chi connectivity index (χ0n) is 19.3. The fourth-order valence-corrected chi connectivity index (χ4v) is 7.99. The van der Waals surface area contributed by atoms with E-state index in [0.717, 1.165) is 17.4 Å². The van der Waals surface area contributed by atoms with E-state index in [2.05, 4.69) is 56.9 Å². The standard InChI is InChI=1S/C25H27N3O2SSe/c1-24(2)10-11-28-19-16(24)8-7-9-17(19)25(3,4)18-13-14(32-22(18)28)12-15-20(29)26(5)23(31)27(6)21(15)30/h7-9,12-13H,10-11H2,1-6H3. The molecule has 2 aromatic rings. The molecular formula is C25H27N3O2SSe. The van der Waals surface area contributed by atoms with Gasteiger partial charge in [-0.05, 0) is 0 Å². The Hall–Kier alpha value is -2.21. The molecule has 5 rings (SSSR count). The van der Waals surface area contributed by atoms with Gasteiger partial charge in [0.15, 0.2) is 0 Å². The Morgan fingerprint density at radius 3 is 2.28 bits per heavy atom. The van der Waals surface area contributed by atoms with Crippen LogP contribution in [0.3, 0.4) is 0 Å². The van der Waals surface area contributed by atoms with Crippen molar-refractivity contribution in [3.63, 3.8) is 0 Å². The van der Waals surface area contributed by atoms with Crippen molar-refractivity contribution in [2.75, 3.05) is 25.5 Å². The van der Waals surface area contributed by atoms with E-state index >= 15 is 0 Å². The number of hydrogen-bond donors (Lipinski definition) is 0. The van der Waals surface area contributed by atoms with Crippen LogP contribution in [0, 0.1) is 0 Å². The third kappa shape index (κ3) is 2.84. The SMILES string of the molecule is CN1C(=O)C(=Cc2cc3c([se]2)N2CCC(C)(C)c4cccc(c42)C3(C)C)C(=O)N(C)C1=S. The van der Waals surface area contributed by atoms with E-state index in [1.165, 1.54) is 36.7 Å². The van der Waals surface area contributed by atoms with Crippen molar-refractivity contribution >= 4 is 60.0 Å². The van der Waals surface area contributed by atoms with Crippen LogP contribution in [0.5, 0.6) is 0 Å². The Bertz CT molecular complexity index is 1210. The van der Waals surface area contributed by atoms with Crippen molar-refractivity contribution in [2.24, 2.45) is 0 Å². The van der Waals surface area contributed by atoms with Crippen LogP contribution < -0.4 is 4.90 Å². The Morgan fingerprint density at radius 1 is 1.00 bits per heavy atom. The first-order chi connectivity index (χ1) is 14.9. The number of benzene rings is 1. The molecule has 0 bridgehead atoms. The first-order valence-electron chi connectivity index (χ1n) is 10.8. The normalized spacial score (nSPS) is 21.0. The maximum absolute atomic E-state index is 12.8. The molecular weight excluding hydrogens is 485 g/mol. The third-order valence-corrected chi connectivity index (χ3v) is 10.1. The van der Waals surface area contributed by atoms with Gasteiger partial charge in [0, 0.05) is 0 Å². The van der Waals surface area contributed by atoms with E-state index in [-0.39, 0.29) is 47.8 Å². The summed E-state index contributed by atoms with van der Waals surface area (Å²) >= 11 is 5.24. The number of para-hydroxylation sites is 1. The number of likely N-dealkylation sites (N-methyl/N-ethyl adjacent to an activating group) is 2. The summed E-state index contributed by atoms with van der Waals surface area (Å²) in [5.41, 5.74) is 5.65. The van der Waals surface area contributed by atoms with Gasteiger partial charge in [-0.3, -0.25) is 0 Å². The van der Waals surface area contributed by atoms with Gasteiger partial charge in [-0.25, -0.2) is 0 Å². The summed E-state index contributed by atoms with van der Waals surface area (Å²) in [5, 5.41) is 0.237. The molecule has 32 heavy (non-hydrogen) atoms. The molecule has 1 saturated heterocycles. The summed E-state index contributed by atoms with van der Waals surface area (Å²) in [7, 11) is 3.24. The topological polar surface area (TPSA) is 43.9 Å². The number of carbonyl (C=O) groups is 2. The summed E-state index contributed by atoms with van der Waals surface area (Å²) in [5.74, 6) is -0.659. The van der Waals surface area contributed by atoms with Crippen molar-refractivity contribution in [3.05, 3.63) is 51.0 Å². The van der Waals surface area contributed by atoms with Crippen LogP contribution in [-0.4, -0.2) is 61.9 Å². The predicted molar refractivity (Wildman–Crippen MR) is 133 cm³/mol. The van der Waals surface area contributed by atoms with Crippen LogP contribution in [0.15, 0.2) is 29.8 Å². The molecule has 2 amide bonds. The van der Waals surface area contributed by atoms with Gasteiger partial charge in [0.2, 0.25) is 0 Å². The van der Waals surface area contributed by atoms with Crippen molar-refractivity contribution in [1.29, 1.82) is 0 Å². The molecule has 0 atom stereocenters. The molecule has 7 heteroatoms. The minimum atomic E-state index is -0.329. The van der Waals surface area contributed by atoms with E-state index in [4.69, 9.17) is 12.2 Å². The van der Waals surface area contributed by atoms with Crippen LogP contribution in [0.2, 0.25) is 0 Å². The number of anilines is 2. The molecule has 3 aliphatic rings. The zero-order chi connectivity index (χ0) is 23.2. The number of nitrogens with zero attached hydrogens (tertiary/aromatic N) is 3. The summed E-state index contributed by atoms with van der Waals surface area (Å²) in [6, 6.07) is 8.94. The molecule has 166 valence electrons. The average molecular weight is 513 g/mol. The number of fused-ring (bicyclic) bond motifs is 2. The second-order valence-corrected chi connectivity index (χ2v) is 12.6. The van der Waals surface area contributed by atoms with E-state index in [1.54, 1.807) is 20.2 Å². The summed E-state index contributed by atoms with van der Waals surface area (Å²) < 4.78 is 2.42. The molecule has 1 aromatic heterocycles. The maximum atomic E-state index is 12.8. The molecule has 0 aliphatic carbocycles. The van der Waals surface area contributed by atoms with Gasteiger partial charge in [-0.15, -0.1) is 0 Å². The quantitative estimate of drug-likeness (QED) is 0.252. The number of rotatable bonds is 1. The van der Waals surface area contributed by atoms with Crippen LogP contribution in [0.1, 0.15) is 55.2 Å². The van der Waals surface area contributed by atoms with Gasteiger partial charge < -0.3 is 0 Å². The first kappa shape index (κ1) is 21.6. The predicted octanol–water partition coefficient (Wildman–Crippen LogP) is 3.80. The van der Waals surface area contributed by atoms with Crippen LogP contribution in [0.4, 0.5) is 10.2 Å². The number of amides is 2. The van der Waals surface area contributed by atoms with Crippen LogP contribution >= 0.6 is 12.2 Å². The van der Waals surface area contributed by atoms with E-state index in [9.17, 15) is 9.59 Å². The number of hydrogen-bond acceptors (Lipinski definition) is 4. The van der Waals surface area contributed by atoms with Crippen LogP contribution in [0.25, 0.3) is 6.08 Å². The molecule has 0 spiro atoms. The molecule has 0 unspecified atom stereocenters. The fourth-order valence-electron chi connectivity index (χ4n) is 5.11. The van der Waals surface area contributed by atoms with Crippen molar-refractivity contribution < 1.29 is 9.59 Å². The molecule has 3 aliphatic heterocycles. The molecule has 0 N–H and O–H groups in total. The van der Waals surface area contributed by atoms with Gasteiger partial charge in [0.05, 0.1) is 0 Å². The molecule has 5 nitrogen and oxygen atoms in total. The van der Waals surface area contributed by atoms with E-state index in [1.807, 2.05) is 0 Å². The second-order valence-electron chi connectivity index (χ2n) is 10.0. The Kier molecular flexibility index (Phi) is 4.66. The van der Waals surface area contributed by atoms with Gasteiger partial charge in [0.1, 0.15) is 0 Å². The van der Waals surface area contributed by atoms with E-state index in [0.29, 0.717) is 0 Å². The van der Waals surface area contributed by atoms with Gasteiger partial charge in [-0.1, -0.05) is 0 Å². The van der Waals surface area contributed by atoms with Gasteiger partial charge in [-0.2, -0.15) is 0 Å². The zero-order valence-corrected chi connectivity index (χ0v) is 21.8. The minimum absolute atomic E-state index is 0.0154.